The number of ether oxygens (including phenoxy) is 1. The van der Waals surface area contributed by atoms with Gasteiger partial charge in [0.25, 0.3) is 0 Å². The highest BCUT2D eigenvalue weighted by molar-refractivity contribution is 5.91. The van der Waals surface area contributed by atoms with Crippen molar-refractivity contribution in [1.29, 1.82) is 0 Å². The number of nitrogens with one attached hydrogen (secondary N) is 2. The molecule has 0 aliphatic carbocycles. The van der Waals surface area contributed by atoms with Gasteiger partial charge in [0.2, 0.25) is 5.91 Å². The van der Waals surface area contributed by atoms with E-state index in [1.54, 1.807) is 18.6 Å². The molecule has 1 aromatic heterocycles. The maximum atomic E-state index is 12.4. The van der Waals surface area contributed by atoms with Crippen LogP contribution in [-0.2, 0) is 20.7 Å². The van der Waals surface area contributed by atoms with Gasteiger partial charge in [0.1, 0.15) is 6.04 Å². The highest BCUT2D eigenvalue weighted by Gasteiger charge is 2.22. The van der Waals surface area contributed by atoms with Crippen molar-refractivity contribution >= 4 is 11.9 Å². The van der Waals surface area contributed by atoms with Crippen LogP contribution in [0.5, 0.6) is 0 Å². The molecule has 6 nitrogen and oxygen atoms in total. The monoisotopic (exact) mass is 473 g/mol. The lowest BCUT2D eigenvalue weighted by Crippen LogP contribution is -2.42. The predicted octanol–water partition coefficient (Wildman–Crippen LogP) is 6.59. The molecule has 0 saturated carbocycles. The average molecular weight is 474 g/mol. The van der Waals surface area contributed by atoms with E-state index in [0.29, 0.717) is 13.0 Å². The van der Waals surface area contributed by atoms with Gasteiger partial charge in [-0.1, -0.05) is 103 Å². The molecule has 0 fully saturated rings. The Labute approximate surface area is 207 Å². The summed E-state index contributed by atoms with van der Waals surface area (Å²) in [6, 6.07) is -0.741. The minimum Gasteiger partial charge on any atom is -0.464 e. The molecule has 0 unspecified atom stereocenters. The molecule has 1 rings (SSSR count). The summed E-state index contributed by atoms with van der Waals surface area (Å²) >= 11 is 0. The van der Waals surface area contributed by atoms with E-state index in [2.05, 4.69) is 28.3 Å². The summed E-state index contributed by atoms with van der Waals surface area (Å²) in [6.45, 7) is 4.66. The number of hydrogen-bond acceptors (Lipinski definition) is 4. The number of H-pyrrole nitrogens is 1. The SMILES string of the molecule is CCCCCCCCCCCCCC=CC=CC(=O)N[C@@H](Cc1cnc[nH]1)C(=O)OCCCC. The normalized spacial score (nSPS) is 12.4. The highest BCUT2D eigenvalue weighted by atomic mass is 16.5. The van der Waals surface area contributed by atoms with Gasteiger partial charge in [0.15, 0.2) is 0 Å². The molecule has 0 radical (unpaired) electrons. The molecule has 2 N–H and O–H groups in total. The Balaban J connectivity index is 2.19. The molecule has 0 aliphatic heterocycles. The van der Waals surface area contributed by atoms with Crippen LogP contribution in [0.2, 0.25) is 0 Å². The van der Waals surface area contributed by atoms with Crippen LogP contribution in [0.25, 0.3) is 0 Å². The fourth-order valence-electron chi connectivity index (χ4n) is 3.69. The van der Waals surface area contributed by atoms with Crippen LogP contribution < -0.4 is 5.32 Å². The molecule has 0 aliphatic rings. The van der Waals surface area contributed by atoms with Crippen molar-refractivity contribution in [3.05, 3.63) is 42.5 Å². The maximum Gasteiger partial charge on any atom is 0.329 e. The largest absolute Gasteiger partial charge is 0.464 e. The summed E-state index contributed by atoms with van der Waals surface area (Å²) in [6.07, 6.45) is 28.2. The first-order valence-electron chi connectivity index (χ1n) is 13.4. The van der Waals surface area contributed by atoms with Crippen LogP contribution in [0, 0.1) is 0 Å². The molecular weight excluding hydrogens is 426 g/mol. The first-order chi connectivity index (χ1) is 16.7. The van der Waals surface area contributed by atoms with Crippen LogP contribution >= 0.6 is 0 Å². The van der Waals surface area contributed by atoms with Crippen molar-refractivity contribution in [3.63, 3.8) is 0 Å². The van der Waals surface area contributed by atoms with E-state index in [-0.39, 0.29) is 5.91 Å². The zero-order valence-electron chi connectivity index (χ0n) is 21.5. The number of unbranched alkanes of at least 4 members (excludes halogenated alkanes) is 12. The molecular formula is C28H47N3O3. The minimum absolute atomic E-state index is 0.309. The van der Waals surface area contributed by atoms with Crippen molar-refractivity contribution in [2.75, 3.05) is 6.61 Å². The summed E-state index contributed by atoms with van der Waals surface area (Å²) in [5.41, 5.74) is 0.772. The minimum atomic E-state index is -0.741. The van der Waals surface area contributed by atoms with Crippen LogP contribution in [-0.4, -0.2) is 34.5 Å². The van der Waals surface area contributed by atoms with Crippen LogP contribution in [0.1, 0.15) is 109 Å². The predicted molar refractivity (Wildman–Crippen MR) is 139 cm³/mol. The Kier molecular flexibility index (Phi) is 18.5. The fraction of sp³-hybridized carbons (Fsp3) is 0.679. The number of amides is 1. The quantitative estimate of drug-likeness (QED) is 0.0912. The van der Waals surface area contributed by atoms with E-state index in [1.807, 2.05) is 13.0 Å². The highest BCUT2D eigenvalue weighted by Crippen LogP contribution is 2.12. The zero-order valence-corrected chi connectivity index (χ0v) is 21.5. The number of nitrogens with zero attached hydrogens (tertiary/aromatic N) is 1. The Morgan fingerprint density at radius 3 is 2.21 bits per heavy atom. The summed E-state index contributed by atoms with van der Waals surface area (Å²) in [5, 5.41) is 2.75. The zero-order chi connectivity index (χ0) is 24.7. The molecule has 34 heavy (non-hydrogen) atoms. The van der Waals surface area contributed by atoms with Crippen molar-refractivity contribution < 1.29 is 14.3 Å². The molecule has 1 heterocycles. The number of carbonyl (C=O) groups is 2. The van der Waals surface area contributed by atoms with Gasteiger partial charge in [-0.2, -0.15) is 0 Å². The van der Waals surface area contributed by atoms with Gasteiger partial charge in [-0.3, -0.25) is 4.79 Å². The van der Waals surface area contributed by atoms with E-state index in [0.717, 1.165) is 25.0 Å². The average Bonchev–Trinajstić information content (AvgIpc) is 3.34. The Hall–Kier alpha value is -2.37. The third-order valence-corrected chi connectivity index (χ3v) is 5.79. The van der Waals surface area contributed by atoms with Crippen LogP contribution in [0.4, 0.5) is 0 Å². The van der Waals surface area contributed by atoms with Gasteiger partial charge in [0.05, 0.1) is 12.9 Å². The van der Waals surface area contributed by atoms with E-state index < -0.39 is 12.0 Å². The van der Waals surface area contributed by atoms with Gasteiger partial charge in [-0.15, -0.1) is 0 Å². The number of allylic oxidation sites excluding steroid dienone is 3. The summed E-state index contributed by atoms with van der Waals surface area (Å²) < 4.78 is 5.30. The van der Waals surface area contributed by atoms with Crippen LogP contribution in [0.3, 0.4) is 0 Å². The summed E-state index contributed by atoms with van der Waals surface area (Å²) in [4.78, 5) is 31.6. The molecule has 6 heteroatoms. The van der Waals surface area contributed by atoms with E-state index >= 15 is 0 Å². The molecule has 0 spiro atoms. The lowest BCUT2D eigenvalue weighted by atomic mass is 10.1. The summed E-state index contributed by atoms with van der Waals surface area (Å²) in [7, 11) is 0. The number of esters is 1. The third kappa shape index (κ3) is 16.3. The van der Waals surface area contributed by atoms with Crippen LogP contribution in [0.15, 0.2) is 36.8 Å². The fourth-order valence-corrected chi connectivity index (χ4v) is 3.69. The van der Waals surface area contributed by atoms with E-state index in [9.17, 15) is 9.59 Å². The first kappa shape index (κ1) is 29.7. The Morgan fingerprint density at radius 1 is 0.941 bits per heavy atom. The summed E-state index contributed by atoms with van der Waals surface area (Å²) in [5.74, 6) is -0.729. The molecule has 192 valence electrons. The lowest BCUT2D eigenvalue weighted by molar-refractivity contribution is -0.147. The Morgan fingerprint density at radius 2 is 1.59 bits per heavy atom. The molecule has 0 saturated heterocycles. The maximum absolute atomic E-state index is 12.4. The lowest BCUT2D eigenvalue weighted by Gasteiger charge is -2.16. The van der Waals surface area contributed by atoms with Crippen molar-refractivity contribution in [3.8, 4) is 0 Å². The second kappa shape index (κ2) is 21.2. The Bertz CT molecular complexity index is 683. The second-order valence-corrected chi connectivity index (χ2v) is 8.97. The number of rotatable bonds is 21. The van der Waals surface area contributed by atoms with Gasteiger partial charge in [0, 0.05) is 24.4 Å². The van der Waals surface area contributed by atoms with Gasteiger partial charge in [-0.05, 0) is 19.3 Å². The van der Waals surface area contributed by atoms with Crippen molar-refractivity contribution in [2.24, 2.45) is 0 Å². The molecule has 1 amide bonds. The van der Waals surface area contributed by atoms with Gasteiger partial charge < -0.3 is 15.0 Å². The molecule has 0 bridgehead atoms. The number of hydrogen-bond donors (Lipinski definition) is 2. The molecule has 1 aromatic rings. The van der Waals surface area contributed by atoms with E-state index in [1.165, 1.54) is 76.7 Å². The number of imidazole rings is 1. The number of aromatic amines is 1. The van der Waals surface area contributed by atoms with Gasteiger partial charge in [-0.25, -0.2) is 9.78 Å². The van der Waals surface area contributed by atoms with Gasteiger partial charge >= 0.3 is 5.97 Å². The van der Waals surface area contributed by atoms with Crippen molar-refractivity contribution in [2.45, 2.75) is 116 Å². The number of carbonyl (C=O) groups excluding carboxylic acids is 2. The number of aromatic nitrogens is 2. The molecule has 1 atom stereocenters. The van der Waals surface area contributed by atoms with E-state index in [4.69, 9.17) is 4.74 Å². The third-order valence-electron chi connectivity index (χ3n) is 5.79. The molecule has 0 aromatic carbocycles. The van der Waals surface area contributed by atoms with Crippen molar-refractivity contribution in [1.82, 2.24) is 15.3 Å². The first-order valence-corrected chi connectivity index (χ1v) is 13.4. The smallest absolute Gasteiger partial charge is 0.329 e. The second-order valence-electron chi connectivity index (χ2n) is 8.97. The standard InChI is InChI=1S/C28H47N3O3/c1-3-5-7-8-9-10-11-12-13-14-15-16-17-18-19-20-27(32)31-26(22-25-23-29-24-30-25)28(33)34-21-6-4-2/h17-20,23-24,26H,3-16,21-22H2,1-2H3,(H,29,30)(H,31,32)/t26-/m0/s1. The topological polar surface area (TPSA) is 84.1 Å².